The molecule has 0 radical (unpaired) electrons. The second-order valence-corrected chi connectivity index (χ2v) is 18.9. The van der Waals surface area contributed by atoms with E-state index in [0.29, 0.717) is 43.9 Å². The summed E-state index contributed by atoms with van der Waals surface area (Å²) in [6, 6.07) is 0.468. The average molecular weight is 865 g/mol. The summed E-state index contributed by atoms with van der Waals surface area (Å²) in [4.78, 5) is 42.7. The van der Waals surface area contributed by atoms with Crippen molar-refractivity contribution >= 4 is 17.8 Å². The summed E-state index contributed by atoms with van der Waals surface area (Å²) >= 11 is 0. The lowest BCUT2D eigenvalue weighted by atomic mass is 9.91. The number of aliphatic hydroxyl groups is 1. The molecule has 0 aliphatic rings. The van der Waals surface area contributed by atoms with Gasteiger partial charge in [-0.25, -0.2) is 0 Å². The van der Waals surface area contributed by atoms with Crippen LogP contribution in [0.4, 0.5) is 0 Å². The fraction of sp³-hybridized carbons (Fsp3) is 0.943. The summed E-state index contributed by atoms with van der Waals surface area (Å²) in [5.74, 6) is 0.621. The van der Waals surface area contributed by atoms with Gasteiger partial charge in [0.25, 0.3) is 0 Å². The van der Waals surface area contributed by atoms with Crippen LogP contribution in [0.3, 0.4) is 0 Å². The molecule has 0 aliphatic heterocycles. The molecule has 8 nitrogen and oxygen atoms in total. The van der Waals surface area contributed by atoms with E-state index < -0.39 is 0 Å². The Morgan fingerprint density at radius 2 is 0.820 bits per heavy atom. The summed E-state index contributed by atoms with van der Waals surface area (Å²) in [6.45, 7) is 11.2. The van der Waals surface area contributed by atoms with Crippen molar-refractivity contribution < 1.29 is 29.0 Å². The molecule has 1 N–H and O–H groups in total. The van der Waals surface area contributed by atoms with Crippen molar-refractivity contribution in [3.05, 3.63) is 0 Å². The smallest absolute Gasteiger partial charge is 0.325 e. The van der Waals surface area contributed by atoms with Crippen molar-refractivity contribution in [2.24, 2.45) is 11.8 Å². The molecule has 0 aromatic heterocycles. The van der Waals surface area contributed by atoms with Gasteiger partial charge in [-0.15, -0.1) is 0 Å². The molecule has 0 bridgehead atoms. The van der Waals surface area contributed by atoms with Crippen LogP contribution in [-0.2, 0) is 23.9 Å². The Morgan fingerprint density at radius 3 is 1.28 bits per heavy atom. The van der Waals surface area contributed by atoms with Crippen LogP contribution < -0.4 is 0 Å². The normalized spacial score (nSPS) is 13.0. The first-order valence-electron chi connectivity index (χ1n) is 26.6. The van der Waals surface area contributed by atoms with Crippen LogP contribution >= 0.6 is 0 Å². The maximum Gasteiger partial charge on any atom is 0.325 e. The predicted octanol–water partition coefficient (Wildman–Crippen LogP) is 14.2. The third-order valence-corrected chi connectivity index (χ3v) is 13.0. The molecular weight excluding hydrogens is 761 g/mol. The highest BCUT2D eigenvalue weighted by Crippen LogP contribution is 2.24. The molecule has 0 saturated heterocycles. The quantitative estimate of drug-likeness (QED) is 0.0481. The van der Waals surface area contributed by atoms with Gasteiger partial charge in [-0.2, -0.15) is 0 Å². The van der Waals surface area contributed by atoms with Gasteiger partial charge in [-0.3, -0.25) is 14.4 Å². The zero-order chi connectivity index (χ0) is 45.0. The van der Waals surface area contributed by atoms with Crippen molar-refractivity contribution in [3.8, 4) is 0 Å². The monoisotopic (exact) mass is 865 g/mol. The van der Waals surface area contributed by atoms with Gasteiger partial charge in [0, 0.05) is 32.5 Å². The molecule has 1 amide bonds. The minimum absolute atomic E-state index is 0.00474. The van der Waals surface area contributed by atoms with E-state index in [1.807, 2.05) is 0 Å². The number of hydrogen-bond acceptors (Lipinski definition) is 7. The number of amides is 1. The fourth-order valence-corrected chi connectivity index (χ4v) is 8.80. The average Bonchev–Trinajstić information content (AvgIpc) is 3.24. The zero-order valence-electron chi connectivity index (χ0n) is 41.6. The number of rotatable bonds is 47. The minimum atomic E-state index is -0.311. The number of likely N-dealkylation sites (N-methyl/N-ethyl adjacent to an activating group) is 1. The van der Waals surface area contributed by atoms with Gasteiger partial charge in [0.15, 0.2) is 0 Å². The lowest BCUT2D eigenvalue weighted by Gasteiger charge is -2.28. The number of hydrogen-bond donors (Lipinski definition) is 1. The lowest BCUT2D eigenvalue weighted by Crippen LogP contribution is -2.34. The fourth-order valence-electron chi connectivity index (χ4n) is 8.80. The number of carbonyl (C=O) groups is 3. The number of unbranched alkanes of at least 4 members (excludes halogenated alkanes) is 21. The number of aliphatic hydroxyl groups excluding tert-OH is 1. The Balaban J connectivity index is 4.61. The third kappa shape index (κ3) is 38.5. The van der Waals surface area contributed by atoms with E-state index in [1.54, 1.807) is 11.9 Å². The predicted molar refractivity (Wildman–Crippen MR) is 259 cm³/mol. The highest BCUT2D eigenvalue weighted by atomic mass is 16.5. The van der Waals surface area contributed by atoms with Crippen molar-refractivity contribution in [1.82, 2.24) is 9.80 Å². The molecule has 0 rings (SSSR count). The van der Waals surface area contributed by atoms with E-state index in [-0.39, 0.29) is 31.0 Å². The highest BCUT2D eigenvalue weighted by Gasteiger charge is 2.20. The van der Waals surface area contributed by atoms with E-state index in [0.717, 1.165) is 96.4 Å². The molecule has 0 spiro atoms. The molecule has 0 aromatic carbocycles. The van der Waals surface area contributed by atoms with Crippen LogP contribution in [0.15, 0.2) is 0 Å². The van der Waals surface area contributed by atoms with Gasteiger partial charge in [0.05, 0.1) is 13.2 Å². The molecule has 0 fully saturated rings. The summed E-state index contributed by atoms with van der Waals surface area (Å²) in [5.41, 5.74) is 0. The Morgan fingerprint density at radius 1 is 0.443 bits per heavy atom. The molecule has 0 aromatic rings. The van der Waals surface area contributed by atoms with Crippen molar-refractivity contribution in [3.63, 3.8) is 0 Å². The van der Waals surface area contributed by atoms with Gasteiger partial charge < -0.3 is 24.4 Å². The summed E-state index contributed by atoms with van der Waals surface area (Å²) < 4.78 is 11.4. The number of esters is 2. The first kappa shape index (κ1) is 59.3. The first-order chi connectivity index (χ1) is 29.7. The molecule has 0 saturated carbocycles. The summed E-state index contributed by atoms with van der Waals surface area (Å²) in [6.07, 6.45) is 41.0. The molecule has 0 heterocycles. The third-order valence-electron chi connectivity index (χ3n) is 13.0. The molecule has 3 atom stereocenters. The highest BCUT2D eigenvalue weighted by molar-refractivity contribution is 5.82. The SMILES string of the molecule is CCCCCCCCC(CCCCCC)CC(=O)OCCCCCC(CCCCCOC(=O)CN(C)C(=O)CC(CCCCCC)CCCCCCCC)N(C)CCCCO. The Bertz CT molecular complexity index is 978. The number of carbonyl (C=O) groups excluding carboxylic acids is 3. The summed E-state index contributed by atoms with van der Waals surface area (Å²) in [5, 5.41) is 9.32. The molecule has 362 valence electrons. The summed E-state index contributed by atoms with van der Waals surface area (Å²) in [7, 11) is 3.95. The Kier molecular flexibility index (Phi) is 43.7. The second-order valence-electron chi connectivity index (χ2n) is 18.9. The van der Waals surface area contributed by atoms with E-state index in [1.165, 1.54) is 128 Å². The van der Waals surface area contributed by atoms with Gasteiger partial charge in [-0.1, -0.05) is 182 Å². The van der Waals surface area contributed by atoms with Crippen LogP contribution in [0.2, 0.25) is 0 Å². The minimum Gasteiger partial charge on any atom is -0.466 e. The van der Waals surface area contributed by atoms with Crippen LogP contribution in [0.5, 0.6) is 0 Å². The second kappa shape index (κ2) is 44.9. The molecule has 61 heavy (non-hydrogen) atoms. The number of nitrogens with zero attached hydrogens (tertiary/aromatic N) is 2. The molecule has 3 unspecified atom stereocenters. The molecular formula is C53H104N2O6. The largest absolute Gasteiger partial charge is 0.466 e. The van der Waals surface area contributed by atoms with Gasteiger partial charge >= 0.3 is 11.9 Å². The van der Waals surface area contributed by atoms with Crippen molar-refractivity contribution in [2.45, 2.75) is 265 Å². The van der Waals surface area contributed by atoms with Crippen LogP contribution in [0, 0.1) is 11.8 Å². The van der Waals surface area contributed by atoms with E-state index in [9.17, 15) is 19.5 Å². The van der Waals surface area contributed by atoms with Crippen LogP contribution in [0.1, 0.15) is 259 Å². The lowest BCUT2D eigenvalue weighted by molar-refractivity contribution is -0.149. The Labute approximate surface area is 379 Å². The standard InChI is InChI=1S/C53H104N2O6/c1-7-11-15-19-21-27-36-48(35-25-17-13-9-3)45-51(57)55(6)47-53(59)61-44-34-24-30-40-50(54(5)41-31-32-42-56)39-29-23-33-43-60-52(58)46-49(37-26-18-14-10-4)38-28-22-20-16-12-8-2/h48-50,56H,7-47H2,1-6H3. The van der Waals surface area contributed by atoms with Crippen molar-refractivity contribution in [1.29, 1.82) is 0 Å². The Hall–Kier alpha value is -1.67. The zero-order valence-corrected chi connectivity index (χ0v) is 41.6. The maximum absolute atomic E-state index is 13.1. The molecule has 0 aliphatic carbocycles. The van der Waals surface area contributed by atoms with E-state index in [2.05, 4.69) is 39.6 Å². The van der Waals surface area contributed by atoms with E-state index >= 15 is 0 Å². The maximum atomic E-state index is 13.1. The van der Waals surface area contributed by atoms with Gasteiger partial charge in [0.1, 0.15) is 6.54 Å². The van der Waals surface area contributed by atoms with Gasteiger partial charge in [0.2, 0.25) is 5.91 Å². The van der Waals surface area contributed by atoms with Gasteiger partial charge in [-0.05, 0) is 89.6 Å². The first-order valence-corrected chi connectivity index (χ1v) is 26.6. The number of ether oxygens (including phenoxy) is 2. The van der Waals surface area contributed by atoms with Crippen LogP contribution in [0.25, 0.3) is 0 Å². The van der Waals surface area contributed by atoms with Crippen molar-refractivity contribution in [2.75, 3.05) is 47.0 Å². The van der Waals surface area contributed by atoms with Crippen LogP contribution in [-0.4, -0.2) is 85.8 Å². The molecule has 8 heteroatoms. The van der Waals surface area contributed by atoms with E-state index in [4.69, 9.17) is 9.47 Å². The topological polar surface area (TPSA) is 96.4 Å².